The van der Waals surface area contributed by atoms with Crippen LogP contribution in [0.3, 0.4) is 0 Å². The Bertz CT molecular complexity index is 641. The Morgan fingerprint density at radius 1 is 0.857 bits per heavy atom. The molecule has 1 aromatic rings. The number of carbonyl (C=O) groups excluding carboxylic acids is 1. The Balaban J connectivity index is 3.23. The minimum atomic E-state index is -3.27. The fourth-order valence-electron chi connectivity index (χ4n) is 3.20. The predicted octanol–water partition coefficient (Wildman–Crippen LogP) is 6.01. The van der Waals surface area contributed by atoms with E-state index in [1.54, 1.807) is 0 Å². The van der Waals surface area contributed by atoms with E-state index in [1.165, 1.54) is 0 Å². The summed E-state index contributed by atoms with van der Waals surface area (Å²) in [5.74, 6) is -0.647. The van der Waals surface area contributed by atoms with Crippen LogP contribution in [-0.2, 0) is 3.07 Å². The van der Waals surface area contributed by atoms with Crippen molar-refractivity contribution in [3.8, 4) is 0 Å². The molecule has 9 heteroatoms. The van der Waals surface area contributed by atoms with Gasteiger partial charge in [-0.3, -0.25) is 0 Å². The van der Waals surface area contributed by atoms with Crippen molar-refractivity contribution in [2.75, 3.05) is 0 Å². The van der Waals surface area contributed by atoms with Gasteiger partial charge < -0.3 is 0 Å². The van der Waals surface area contributed by atoms with E-state index in [0.29, 0.717) is 0 Å². The van der Waals surface area contributed by atoms with E-state index in [4.69, 9.17) is 3.07 Å². The molecule has 0 unspecified atom stereocenters. The van der Waals surface area contributed by atoms with E-state index in [2.05, 4.69) is 20.8 Å². The molecule has 8 nitrogen and oxygen atoms in total. The van der Waals surface area contributed by atoms with Gasteiger partial charge in [-0.15, -0.1) is 0 Å². The molecule has 28 heavy (non-hydrogen) atoms. The van der Waals surface area contributed by atoms with Crippen molar-refractivity contribution in [3.05, 3.63) is 44.0 Å². The molecule has 1 aromatic carbocycles. The SMILES string of the molecule is CCC[CH2][Sn]([CH2]CCC)([CH2]CCC)[O]C(=O)c1cc([N+](=O)[O-])cc([N+](=O)[O-])c1. The summed E-state index contributed by atoms with van der Waals surface area (Å²) >= 11 is -3.27. The zero-order chi connectivity index (χ0) is 21.2. The molecule has 0 heterocycles. The first kappa shape index (κ1) is 24.3. The van der Waals surface area contributed by atoms with Gasteiger partial charge in [0.1, 0.15) is 0 Å². The maximum absolute atomic E-state index is 12.9. The maximum atomic E-state index is 12.9. The van der Waals surface area contributed by atoms with E-state index < -0.39 is 46.0 Å². The summed E-state index contributed by atoms with van der Waals surface area (Å²) in [5, 5.41) is 22.2. The fraction of sp³-hybridized carbons (Fsp3) is 0.632. The second-order valence-electron chi connectivity index (χ2n) is 7.14. The number of hydrogen-bond donors (Lipinski definition) is 0. The van der Waals surface area contributed by atoms with Crippen LogP contribution >= 0.6 is 0 Å². The number of rotatable bonds is 13. The van der Waals surface area contributed by atoms with Crippen molar-refractivity contribution in [3.63, 3.8) is 0 Å². The van der Waals surface area contributed by atoms with Gasteiger partial charge in [0.05, 0.1) is 0 Å². The molecule has 0 radical (unpaired) electrons. The summed E-state index contributed by atoms with van der Waals surface area (Å²) < 4.78 is 8.90. The summed E-state index contributed by atoms with van der Waals surface area (Å²) in [6.45, 7) is 6.30. The van der Waals surface area contributed by atoms with Gasteiger partial charge in [0.25, 0.3) is 0 Å². The number of nitro groups is 2. The number of hydrogen-bond acceptors (Lipinski definition) is 6. The van der Waals surface area contributed by atoms with E-state index in [-0.39, 0.29) is 5.56 Å². The third kappa shape index (κ3) is 7.37. The third-order valence-corrected chi connectivity index (χ3v) is 17.4. The molecule has 0 fully saturated rings. The average molecular weight is 501 g/mol. The number of non-ortho nitro benzene ring substituents is 2. The zero-order valence-corrected chi connectivity index (χ0v) is 19.8. The minimum absolute atomic E-state index is 0.105. The van der Waals surface area contributed by atoms with Crippen LogP contribution in [0.25, 0.3) is 0 Å². The van der Waals surface area contributed by atoms with Crippen molar-refractivity contribution in [2.45, 2.75) is 72.6 Å². The molecular formula is C19H30N2O6Sn. The average Bonchev–Trinajstić information content (AvgIpc) is 2.68. The van der Waals surface area contributed by atoms with E-state index in [0.717, 1.165) is 70.0 Å². The molecule has 0 bridgehead atoms. The number of nitro benzene ring substituents is 2. The molecule has 0 aliphatic carbocycles. The summed E-state index contributed by atoms with van der Waals surface area (Å²) in [7, 11) is 0. The van der Waals surface area contributed by atoms with Crippen LogP contribution in [0.1, 0.15) is 69.7 Å². The summed E-state index contributed by atoms with van der Waals surface area (Å²) in [5.41, 5.74) is -1.05. The van der Waals surface area contributed by atoms with Crippen LogP contribution in [0.15, 0.2) is 18.2 Å². The quantitative estimate of drug-likeness (QED) is 0.186. The van der Waals surface area contributed by atoms with Crippen molar-refractivity contribution < 1.29 is 17.7 Å². The molecule has 156 valence electrons. The molecule has 0 N–H and O–H groups in total. The third-order valence-electron chi connectivity index (χ3n) is 4.83. The van der Waals surface area contributed by atoms with Crippen molar-refractivity contribution in [1.29, 1.82) is 0 Å². The van der Waals surface area contributed by atoms with E-state index in [9.17, 15) is 25.0 Å². The number of unbranched alkanes of at least 4 members (excludes halogenated alkanes) is 3. The molecule has 0 spiro atoms. The summed E-state index contributed by atoms with van der Waals surface area (Å²) in [6.07, 6.45) is 6.01. The van der Waals surface area contributed by atoms with E-state index >= 15 is 0 Å². The van der Waals surface area contributed by atoms with Crippen LogP contribution in [-0.4, -0.2) is 34.6 Å². The Morgan fingerprint density at radius 3 is 1.57 bits per heavy atom. The Kier molecular flexibility index (Phi) is 10.4. The van der Waals surface area contributed by atoms with Crippen LogP contribution in [0.2, 0.25) is 13.3 Å². The molecule has 0 saturated heterocycles. The van der Waals surface area contributed by atoms with Crippen LogP contribution in [0.4, 0.5) is 11.4 Å². The van der Waals surface area contributed by atoms with Crippen LogP contribution in [0.5, 0.6) is 0 Å². The molecule has 0 atom stereocenters. The normalized spacial score (nSPS) is 11.2. The first-order valence-corrected chi connectivity index (χ1v) is 17.2. The molecular weight excluding hydrogens is 471 g/mol. The van der Waals surface area contributed by atoms with Gasteiger partial charge in [0, 0.05) is 0 Å². The van der Waals surface area contributed by atoms with Gasteiger partial charge >= 0.3 is 170 Å². The van der Waals surface area contributed by atoms with Gasteiger partial charge in [0.2, 0.25) is 0 Å². The van der Waals surface area contributed by atoms with Gasteiger partial charge in [-0.05, 0) is 0 Å². The van der Waals surface area contributed by atoms with E-state index in [1.807, 2.05) is 0 Å². The number of benzene rings is 1. The topological polar surface area (TPSA) is 113 Å². The first-order valence-electron chi connectivity index (χ1n) is 9.95. The van der Waals surface area contributed by atoms with Gasteiger partial charge in [-0.2, -0.15) is 0 Å². The fourth-order valence-corrected chi connectivity index (χ4v) is 16.2. The second kappa shape index (κ2) is 12.0. The molecule has 0 amide bonds. The first-order chi connectivity index (χ1) is 13.3. The Morgan fingerprint density at radius 2 is 1.25 bits per heavy atom. The molecule has 0 aromatic heterocycles. The molecule has 0 aliphatic rings. The monoisotopic (exact) mass is 502 g/mol. The predicted molar refractivity (Wildman–Crippen MR) is 110 cm³/mol. The Labute approximate surface area is 170 Å². The number of carbonyl (C=O) groups is 1. The molecule has 1 rings (SSSR count). The van der Waals surface area contributed by atoms with Gasteiger partial charge in [-0.25, -0.2) is 0 Å². The number of nitrogens with zero attached hydrogens (tertiary/aromatic N) is 2. The standard InChI is InChI=1S/C7H4N2O6.3C4H9.Sn/c10-7(11)4-1-5(8(12)13)3-6(2-4)9(14)15;3*1-3-4-2;/h1-3H,(H,10,11);3*1,3-4H2,2H3;/q;;;;+1/p-1. The van der Waals surface area contributed by atoms with Gasteiger partial charge in [0.15, 0.2) is 0 Å². The van der Waals surface area contributed by atoms with Crippen molar-refractivity contribution in [2.24, 2.45) is 0 Å². The zero-order valence-electron chi connectivity index (χ0n) is 16.9. The van der Waals surface area contributed by atoms with Crippen molar-refractivity contribution in [1.82, 2.24) is 0 Å². The summed E-state index contributed by atoms with van der Waals surface area (Å²) in [6, 6.07) is 3.01. The summed E-state index contributed by atoms with van der Waals surface area (Å²) in [4.78, 5) is 33.6. The van der Waals surface area contributed by atoms with Crippen LogP contribution in [0, 0.1) is 20.2 Å². The molecule has 0 saturated carbocycles. The second-order valence-corrected chi connectivity index (χ2v) is 18.8. The Hall–Kier alpha value is -1.71. The molecule has 0 aliphatic heterocycles. The van der Waals surface area contributed by atoms with Crippen LogP contribution < -0.4 is 0 Å². The van der Waals surface area contributed by atoms with Gasteiger partial charge in [-0.1, -0.05) is 0 Å². The van der Waals surface area contributed by atoms with Crippen molar-refractivity contribution >= 4 is 36.1 Å².